The minimum absolute atomic E-state index is 0. The lowest BCUT2D eigenvalue weighted by Gasteiger charge is -2.12. The average Bonchev–Trinajstić information content (AvgIpc) is 3.07. The monoisotopic (exact) mass is 439 g/mol. The second-order valence-corrected chi connectivity index (χ2v) is 6.37. The summed E-state index contributed by atoms with van der Waals surface area (Å²) in [5, 5.41) is 5.69. The first-order chi connectivity index (χ1) is 12.7. The van der Waals surface area contributed by atoms with E-state index in [1.165, 1.54) is 12.3 Å². The van der Waals surface area contributed by atoms with Crippen molar-refractivity contribution in [2.75, 3.05) is 6.54 Å². The van der Waals surface area contributed by atoms with Crippen LogP contribution in [0.25, 0.3) is 11.3 Å². The molecule has 2 atom stereocenters. The SMILES string of the molecule is Cl.O=C(NCc1cc(-c2cnc(C(F)(F)F)nc2)ncc1Cl)[C@@H]1C[C@@H](F)CN1. The van der Waals surface area contributed by atoms with Crippen LogP contribution in [0, 0.1) is 0 Å². The van der Waals surface area contributed by atoms with Gasteiger partial charge in [-0.15, -0.1) is 12.4 Å². The Morgan fingerprint density at radius 1 is 1.25 bits per heavy atom. The van der Waals surface area contributed by atoms with Gasteiger partial charge in [-0.05, 0) is 11.6 Å². The van der Waals surface area contributed by atoms with E-state index < -0.39 is 24.2 Å². The molecule has 0 bridgehead atoms. The zero-order valence-corrected chi connectivity index (χ0v) is 15.7. The summed E-state index contributed by atoms with van der Waals surface area (Å²) in [6.07, 6.45) is -2.24. The summed E-state index contributed by atoms with van der Waals surface area (Å²) in [5.41, 5.74) is 1.08. The molecule has 1 fully saturated rings. The highest BCUT2D eigenvalue weighted by atomic mass is 35.5. The highest BCUT2D eigenvalue weighted by molar-refractivity contribution is 6.31. The molecule has 2 aromatic rings. The molecule has 0 unspecified atom stereocenters. The Morgan fingerprint density at radius 2 is 1.93 bits per heavy atom. The summed E-state index contributed by atoms with van der Waals surface area (Å²) >= 11 is 6.07. The zero-order chi connectivity index (χ0) is 19.6. The van der Waals surface area contributed by atoms with E-state index in [-0.39, 0.29) is 48.4 Å². The van der Waals surface area contributed by atoms with Gasteiger partial charge in [0, 0.05) is 43.7 Å². The molecule has 1 aliphatic heterocycles. The molecule has 3 heterocycles. The van der Waals surface area contributed by atoms with Gasteiger partial charge in [-0.2, -0.15) is 13.2 Å². The molecule has 1 aliphatic rings. The van der Waals surface area contributed by atoms with Crippen LogP contribution in [-0.2, 0) is 17.5 Å². The lowest BCUT2D eigenvalue weighted by Crippen LogP contribution is -2.40. The van der Waals surface area contributed by atoms with Gasteiger partial charge in [0.25, 0.3) is 0 Å². The van der Waals surface area contributed by atoms with Gasteiger partial charge < -0.3 is 10.6 Å². The molecule has 12 heteroatoms. The third kappa shape index (κ3) is 5.27. The summed E-state index contributed by atoms with van der Waals surface area (Å²) < 4.78 is 50.8. The number of amides is 1. The molecule has 1 saturated heterocycles. The van der Waals surface area contributed by atoms with Crippen molar-refractivity contribution in [1.82, 2.24) is 25.6 Å². The molecule has 2 N–H and O–H groups in total. The summed E-state index contributed by atoms with van der Waals surface area (Å²) in [5.74, 6) is -1.61. The van der Waals surface area contributed by atoms with Crippen LogP contribution in [0.3, 0.4) is 0 Å². The van der Waals surface area contributed by atoms with Crippen LogP contribution in [0.5, 0.6) is 0 Å². The predicted octanol–water partition coefficient (Wildman–Crippen LogP) is 2.95. The van der Waals surface area contributed by atoms with Crippen molar-refractivity contribution in [3.63, 3.8) is 0 Å². The standard InChI is InChI=1S/C16H14ClF4N5O.ClH/c17-11-7-23-12(9-4-25-15(26-5-9)16(19,20)21)1-8(11)3-24-14(27)13-2-10(18)6-22-13;/h1,4-5,7,10,13,22H,2-3,6H2,(H,24,27);1H/t10-,13+;/m1./s1. The normalized spacial score (nSPS) is 19.2. The lowest BCUT2D eigenvalue weighted by atomic mass is 10.1. The number of nitrogens with zero attached hydrogens (tertiary/aromatic N) is 3. The number of halogens is 6. The van der Waals surface area contributed by atoms with Gasteiger partial charge in [0.1, 0.15) is 6.17 Å². The number of alkyl halides is 4. The Bertz CT molecular complexity index is 835. The number of pyridine rings is 1. The predicted molar refractivity (Wildman–Crippen MR) is 95.7 cm³/mol. The number of carbonyl (C=O) groups excluding carboxylic acids is 1. The second-order valence-electron chi connectivity index (χ2n) is 5.97. The molecule has 28 heavy (non-hydrogen) atoms. The van der Waals surface area contributed by atoms with E-state index >= 15 is 0 Å². The molecule has 3 rings (SSSR count). The molecule has 0 aromatic carbocycles. The number of nitrogens with one attached hydrogen (secondary N) is 2. The van der Waals surface area contributed by atoms with Gasteiger partial charge >= 0.3 is 6.18 Å². The van der Waals surface area contributed by atoms with E-state index in [1.54, 1.807) is 0 Å². The first-order valence-electron chi connectivity index (χ1n) is 7.93. The molecular formula is C16H15Cl2F4N5O. The smallest absolute Gasteiger partial charge is 0.351 e. The number of rotatable bonds is 4. The quantitative estimate of drug-likeness (QED) is 0.715. The van der Waals surface area contributed by atoms with Gasteiger partial charge in [-0.1, -0.05) is 11.6 Å². The minimum atomic E-state index is -4.63. The number of carbonyl (C=O) groups is 1. The van der Waals surface area contributed by atoms with Crippen LogP contribution in [0.2, 0.25) is 5.02 Å². The number of hydrogen-bond acceptors (Lipinski definition) is 5. The van der Waals surface area contributed by atoms with Crippen molar-refractivity contribution in [2.45, 2.75) is 31.4 Å². The van der Waals surface area contributed by atoms with Gasteiger partial charge in [-0.25, -0.2) is 14.4 Å². The summed E-state index contributed by atoms with van der Waals surface area (Å²) in [4.78, 5) is 22.7. The molecule has 0 radical (unpaired) electrons. The number of aromatic nitrogens is 3. The molecular weight excluding hydrogens is 425 g/mol. The topological polar surface area (TPSA) is 79.8 Å². The van der Waals surface area contributed by atoms with Crippen LogP contribution in [0.1, 0.15) is 17.8 Å². The molecule has 0 saturated carbocycles. The van der Waals surface area contributed by atoms with Crippen LogP contribution < -0.4 is 10.6 Å². The van der Waals surface area contributed by atoms with E-state index in [4.69, 9.17) is 11.6 Å². The van der Waals surface area contributed by atoms with Crippen LogP contribution in [-0.4, -0.2) is 39.6 Å². The van der Waals surface area contributed by atoms with Crippen molar-refractivity contribution in [2.24, 2.45) is 0 Å². The van der Waals surface area contributed by atoms with Crippen molar-refractivity contribution < 1.29 is 22.4 Å². The van der Waals surface area contributed by atoms with E-state index in [1.807, 2.05) is 0 Å². The number of hydrogen-bond donors (Lipinski definition) is 2. The maximum Gasteiger partial charge on any atom is 0.451 e. The second kappa shape index (κ2) is 8.97. The van der Waals surface area contributed by atoms with Gasteiger partial charge in [0.05, 0.1) is 16.8 Å². The van der Waals surface area contributed by atoms with E-state index in [9.17, 15) is 22.4 Å². The van der Waals surface area contributed by atoms with Crippen molar-refractivity contribution in [3.8, 4) is 11.3 Å². The van der Waals surface area contributed by atoms with Gasteiger partial charge in [-0.3, -0.25) is 9.78 Å². The fraction of sp³-hybridized carbons (Fsp3) is 0.375. The average molecular weight is 440 g/mol. The molecule has 6 nitrogen and oxygen atoms in total. The van der Waals surface area contributed by atoms with E-state index in [0.717, 1.165) is 12.4 Å². The third-order valence-corrected chi connectivity index (χ3v) is 4.32. The fourth-order valence-electron chi connectivity index (χ4n) is 2.58. The molecule has 0 aliphatic carbocycles. The molecule has 152 valence electrons. The largest absolute Gasteiger partial charge is 0.451 e. The maximum absolute atomic E-state index is 13.1. The molecule has 0 spiro atoms. The zero-order valence-electron chi connectivity index (χ0n) is 14.1. The van der Waals surface area contributed by atoms with Crippen molar-refractivity contribution >= 4 is 29.9 Å². The van der Waals surface area contributed by atoms with Crippen molar-refractivity contribution in [3.05, 3.63) is 41.1 Å². The summed E-state index contributed by atoms with van der Waals surface area (Å²) in [7, 11) is 0. The Labute approximate surface area is 168 Å². The maximum atomic E-state index is 13.1. The lowest BCUT2D eigenvalue weighted by molar-refractivity contribution is -0.145. The highest BCUT2D eigenvalue weighted by Gasteiger charge is 2.34. The first-order valence-corrected chi connectivity index (χ1v) is 8.31. The van der Waals surface area contributed by atoms with Crippen LogP contribution in [0.4, 0.5) is 17.6 Å². The summed E-state index contributed by atoms with van der Waals surface area (Å²) in [6, 6.07) is 0.914. The summed E-state index contributed by atoms with van der Waals surface area (Å²) in [6.45, 7) is 0.190. The minimum Gasteiger partial charge on any atom is -0.351 e. The highest BCUT2D eigenvalue weighted by Crippen LogP contribution is 2.27. The Morgan fingerprint density at radius 3 is 2.50 bits per heavy atom. The van der Waals surface area contributed by atoms with Gasteiger partial charge in [0.15, 0.2) is 0 Å². The Kier molecular flexibility index (Phi) is 7.13. The first kappa shape index (κ1) is 22.3. The van der Waals surface area contributed by atoms with Crippen LogP contribution in [0.15, 0.2) is 24.7 Å². The van der Waals surface area contributed by atoms with E-state index in [2.05, 4.69) is 25.6 Å². The van der Waals surface area contributed by atoms with E-state index in [0.29, 0.717) is 11.3 Å². The third-order valence-electron chi connectivity index (χ3n) is 3.98. The Hall–Kier alpha value is -2.04. The fourth-order valence-corrected chi connectivity index (χ4v) is 2.75. The molecule has 1 amide bonds. The van der Waals surface area contributed by atoms with Gasteiger partial charge in [0.2, 0.25) is 11.7 Å². The Balaban J connectivity index is 0.00000280. The van der Waals surface area contributed by atoms with Crippen LogP contribution >= 0.6 is 24.0 Å². The molecule has 2 aromatic heterocycles. The van der Waals surface area contributed by atoms with Crippen molar-refractivity contribution in [1.29, 1.82) is 0 Å².